The Labute approximate surface area is 120 Å². The van der Waals surface area contributed by atoms with Crippen LogP contribution in [0.3, 0.4) is 0 Å². The Kier molecular flexibility index (Phi) is 3.92. The van der Waals surface area contributed by atoms with Gasteiger partial charge in [-0.2, -0.15) is 0 Å². The van der Waals surface area contributed by atoms with Crippen molar-refractivity contribution in [1.82, 2.24) is 10.2 Å². The number of rotatable bonds is 3. The minimum absolute atomic E-state index is 0.156. The summed E-state index contributed by atoms with van der Waals surface area (Å²) in [6.07, 6.45) is 4.66. The molecular formula is C16H22N2O2. The smallest absolute Gasteiger partial charge is 0.254 e. The SMILES string of the molecule is COc1ccc(C(=O)N2CCCC2C2CCCN2)cc1. The lowest BCUT2D eigenvalue weighted by Gasteiger charge is -2.29. The molecule has 108 valence electrons. The number of likely N-dealkylation sites (tertiary alicyclic amines) is 1. The van der Waals surface area contributed by atoms with Crippen molar-refractivity contribution in [1.29, 1.82) is 0 Å². The topological polar surface area (TPSA) is 41.6 Å². The monoisotopic (exact) mass is 274 g/mol. The summed E-state index contributed by atoms with van der Waals surface area (Å²) in [7, 11) is 1.64. The van der Waals surface area contributed by atoms with Gasteiger partial charge in [-0.05, 0) is 56.5 Å². The average molecular weight is 274 g/mol. The molecule has 0 radical (unpaired) electrons. The van der Waals surface area contributed by atoms with E-state index >= 15 is 0 Å². The van der Waals surface area contributed by atoms with E-state index in [1.807, 2.05) is 24.3 Å². The Morgan fingerprint density at radius 1 is 1.25 bits per heavy atom. The molecule has 20 heavy (non-hydrogen) atoms. The molecule has 2 atom stereocenters. The van der Waals surface area contributed by atoms with E-state index in [0.29, 0.717) is 12.1 Å². The molecule has 2 heterocycles. The molecule has 0 saturated carbocycles. The Morgan fingerprint density at radius 3 is 2.70 bits per heavy atom. The Hall–Kier alpha value is -1.55. The zero-order valence-corrected chi connectivity index (χ0v) is 12.0. The fourth-order valence-electron chi connectivity index (χ4n) is 3.40. The first-order valence-electron chi connectivity index (χ1n) is 7.48. The van der Waals surface area contributed by atoms with Crippen LogP contribution in [0.15, 0.2) is 24.3 Å². The number of hydrogen-bond donors (Lipinski definition) is 1. The Balaban J connectivity index is 1.74. The van der Waals surface area contributed by atoms with E-state index in [1.54, 1.807) is 7.11 Å². The number of amides is 1. The predicted octanol–water partition coefficient (Wildman–Crippen LogP) is 2.05. The van der Waals surface area contributed by atoms with Crippen LogP contribution in [0.5, 0.6) is 5.75 Å². The van der Waals surface area contributed by atoms with Crippen LogP contribution in [0.2, 0.25) is 0 Å². The summed E-state index contributed by atoms with van der Waals surface area (Å²) in [6, 6.07) is 8.28. The molecule has 0 aliphatic carbocycles. The van der Waals surface area contributed by atoms with Crippen LogP contribution in [0.1, 0.15) is 36.0 Å². The normalized spacial score (nSPS) is 25.9. The summed E-state index contributed by atoms with van der Waals surface area (Å²) >= 11 is 0. The van der Waals surface area contributed by atoms with E-state index < -0.39 is 0 Å². The highest BCUT2D eigenvalue weighted by atomic mass is 16.5. The maximum absolute atomic E-state index is 12.7. The number of carbonyl (C=O) groups excluding carboxylic acids is 1. The number of benzene rings is 1. The molecule has 2 saturated heterocycles. The van der Waals surface area contributed by atoms with Crippen molar-refractivity contribution < 1.29 is 9.53 Å². The molecular weight excluding hydrogens is 252 g/mol. The molecule has 4 heteroatoms. The minimum atomic E-state index is 0.156. The third-order valence-corrected chi connectivity index (χ3v) is 4.46. The second-order valence-corrected chi connectivity index (χ2v) is 5.64. The molecule has 2 unspecified atom stereocenters. The lowest BCUT2D eigenvalue weighted by Crippen LogP contribution is -2.46. The van der Waals surface area contributed by atoms with Gasteiger partial charge in [0.2, 0.25) is 0 Å². The van der Waals surface area contributed by atoms with Crippen LogP contribution in [0, 0.1) is 0 Å². The molecule has 2 aliphatic rings. The number of nitrogens with one attached hydrogen (secondary N) is 1. The lowest BCUT2D eigenvalue weighted by atomic mass is 10.0. The van der Waals surface area contributed by atoms with Gasteiger partial charge in [-0.25, -0.2) is 0 Å². The number of ether oxygens (including phenoxy) is 1. The van der Waals surface area contributed by atoms with Crippen LogP contribution in [0.4, 0.5) is 0 Å². The Morgan fingerprint density at radius 2 is 2.05 bits per heavy atom. The van der Waals surface area contributed by atoms with Crippen LogP contribution in [-0.2, 0) is 0 Å². The molecule has 1 N–H and O–H groups in total. The highest BCUT2D eigenvalue weighted by molar-refractivity contribution is 5.94. The van der Waals surface area contributed by atoms with Gasteiger partial charge in [0.15, 0.2) is 0 Å². The van der Waals surface area contributed by atoms with Crippen molar-refractivity contribution in [2.75, 3.05) is 20.2 Å². The second kappa shape index (κ2) is 5.83. The average Bonchev–Trinajstić information content (AvgIpc) is 3.16. The first kappa shape index (κ1) is 13.4. The molecule has 1 amide bonds. The molecule has 0 bridgehead atoms. The number of hydrogen-bond acceptors (Lipinski definition) is 3. The predicted molar refractivity (Wildman–Crippen MR) is 78.1 cm³/mol. The molecule has 0 spiro atoms. The minimum Gasteiger partial charge on any atom is -0.497 e. The van der Waals surface area contributed by atoms with Gasteiger partial charge < -0.3 is 15.0 Å². The van der Waals surface area contributed by atoms with E-state index in [-0.39, 0.29) is 5.91 Å². The zero-order chi connectivity index (χ0) is 13.9. The van der Waals surface area contributed by atoms with Gasteiger partial charge in [0, 0.05) is 24.2 Å². The number of methoxy groups -OCH3 is 1. The fourth-order valence-corrected chi connectivity index (χ4v) is 3.40. The van der Waals surface area contributed by atoms with E-state index in [9.17, 15) is 4.79 Å². The van der Waals surface area contributed by atoms with Gasteiger partial charge in [-0.1, -0.05) is 0 Å². The van der Waals surface area contributed by atoms with Crippen molar-refractivity contribution in [3.8, 4) is 5.75 Å². The van der Waals surface area contributed by atoms with Gasteiger partial charge >= 0.3 is 0 Å². The van der Waals surface area contributed by atoms with Crippen LogP contribution < -0.4 is 10.1 Å². The first-order valence-corrected chi connectivity index (χ1v) is 7.48. The summed E-state index contributed by atoms with van der Waals surface area (Å²) < 4.78 is 5.14. The third-order valence-electron chi connectivity index (χ3n) is 4.46. The number of carbonyl (C=O) groups is 1. The van der Waals surface area contributed by atoms with Crippen molar-refractivity contribution in [2.45, 2.75) is 37.8 Å². The van der Waals surface area contributed by atoms with Crippen molar-refractivity contribution >= 4 is 5.91 Å². The summed E-state index contributed by atoms with van der Waals surface area (Å²) in [5.41, 5.74) is 0.760. The van der Waals surface area contributed by atoms with E-state index in [4.69, 9.17) is 4.74 Å². The van der Waals surface area contributed by atoms with Gasteiger partial charge in [-0.3, -0.25) is 4.79 Å². The second-order valence-electron chi connectivity index (χ2n) is 5.64. The molecule has 2 fully saturated rings. The van der Waals surface area contributed by atoms with Crippen molar-refractivity contribution in [3.63, 3.8) is 0 Å². The summed E-state index contributed by atoms with van der Waals surface area (Å²) in [5, 5.41) is 3.54. The fraction of sp³-hybridized carbons (Fsp3) is 0.562. The molecule has 1 aromatic rings. The maximum atomic E-state index is 12.7. The molecule has 0 aromatic heterocycles. The summed E-state index contributed by atoms with van der Waals surface area (Å²) in [5.74, 6) is 0.945. The highest BCUT2D eigenvalue weighted by Gasteiger charge is 2.36. The highest BCUT2D eigenvalue weighted by Crippen LogP contribution is 2.26. The Bertz CT molecular complexity index is 466. The molecule has 1 aromatic carbocycles. The van der Waals surface area contributed by atoms with Crippen molar-refractivity contribution in [3.05, 3.63) is 29.8 Å². The maximum Gasteiger partial charge on any atom is 0.254 e. The van der Waals surface area contributed by atoms with Gasteiger partial charge in [0.05, 0.1) is 7.11 Å². The van der Waals surface area contributed by atoms with Gasteiger partial charge in [0.1, 0.15) is 5.75 Å². The number of nitrogens with zero attached hydrogens (tertiary/aromatic N) is 1. The zero-order valence-electron chi connectivity index (χ0n) is 12.0. The van der Waals surface area contributed by atoms with E-state index in [2.05, 4.69) is 10.2 Å². The summed E-state index contributed by atoms with van der Waals surface area (Å²) in [6.45, 7) is 1.97. The summed E-state index contributed by atoms with van der Waals surface area (Å²) in [4.78, 5) is 14.7. The van der Waals surface area contributed by atoms with Gasteiger partial charge in [-0.15, -0.1) is 0 Å². The van der Waals surface area contributed by atoms with Crippen LogP contribution >= 0.6 is 0 Å². The molecule has 3 rings (SSSR count). The third kappa shape index (κ3) is 2.52. The van der Waals surface area contributed by atoms with Crippen molar-refractivity contribution in [2.24, 2.45) is 0 Å². The van der Waals surface area contributed by atoms with Crippen LogP contribution in [0.25, 0.3) is 0 Å². The first-order chi connectivity index (χ1) is 9.79. The van der Waals surface area contributed by atoms with Gasteiger partial charge in [0.25, 0.3) is 5.91 Å². The van der Waals surface area contributed by atoms with E-state index in [0.717, 1.165) is 37.2 Å². The standard InChI is InChI=1S/C16H22N2O2/c1-20-13-8-6-12(7-9-13)16(19)18-11-3-5-15(18)14-4-2-10-17-14/h6-9,14-15,17H,2-5,10-11H2,1H3. The van der Waals surface area contributed by atoms with E-state index in [1.165, 1.54) is 12.8 Å². The molecule has 2 aliphatic heterocycles. The molecule has 4 nitrogen and oxygen atoms in total. The largest absolute Gasteiger partial charge is 0.497 e. The quantitative estimate of drug-likeness (QED) is 0.917. The van der Waals surface area contributed by atoms with Crippen LogP contribution in [-0.4, -0.2) is 43.1 Å². The lowest BCUT2D eigenvalue weighted by molar-refractivity contribution is 0.0711.